The van der Waals surface area contributed by atoms with Crippen LogP contribution in [-0.2, 0) is 4.74 Å². The number of nitrogens with zero attached hydrogens (tertiary/aromatic N) is 1. The summed E-state index contributed by atoms with van der Waals surface area (Å²) in [6.45, 7) is 7.46. The molecule has 0 saturated heterocycles. The predicted octanol–water partition coefficient (Wildman–Crippen LogP) is 3.14. The standard InChI is InChI=1S/C14H18N2O2/c1-10(18-13(17)16-14(2,3)4)12-7-5-11(9-15)6-8-12/h5-8,10H,1-4H3,(H,16,17)/t10-/m0/s1. The van der Waals surface area contributed by atoms with Gasteiger partial charge in [0.1, 0.15) is 6.10 Å². The van der Waals surface area contributed by atoms with Crippen LogP contribution in [0, 0.1) is 11.3 Å². The maximum atomic E-state index is 11.6. The number of rotatable bonds is 2. The molecule has 96 valence electrons. The first-order valence-electron chi connectivity index (χ1n) is 5.80. The molecule has 1 aromatic carbocycles. The molecule has 0 spiro atoms. The average molecular weight is 246 g/mol. The SMILES string of the molecule is C[C@H](OC(=O)NC(C)(C)C)c1ccc(C#N)cc1. The van der Waals surface area contributed by atoms with Crippen LogP contribution < -0.4 is 5.32 Å². The smallest absolute Gasteiger partial charge is 0.408 e. The fourth-order valence-electron chi connectivity index (χ4n) is 1.39. The molecule has 1 aromatic rings. The molecule has 0 unspecified atom stereocenters. The van der Waals surface area contributed by atoms with E-state index in [2.05, 4.69) is 5.32 Å². The van der Waals surface area contributed by atoms with Crippen LogP contribution in [0.15, 0.2) is 24.3 Å². The highest BCUT2D eigenvalue weighted by molar-refractivity contribution is 5.68. The zero-order chi connectivity index (χ0) is 13.8. The average Bonchev–Trinajstić information content (AvgIpc) is 2.26. The van der Waals surface area contributed by atoms with Crippen molar-refractivity contribution in [1.29, 1.82) is 5.26 Å². The molecule has 0 aromatic heterocycles. The Morgan fingerprint density at radius 2 is 1.89 bits per heavy atom. The van der Waals surface area contributed by atoms with Crippen molar-refractivity contribution in [2.75, 3.05) is 0 Å². The summed E-state index contributed by atoms with van der Waals surface area (Å²) in [6, 6.07) is 9.03. The summed E-state index contributed by atoms with van der Waals surface area (Å²) in [5, 5.41) is 11.4. The zero-order valence-corrected chi connectivity index (χ0v) is 11.2. The van der Waals surface area contributed by atoms with Gasteiger partial charge < -0.3 is 10.1 Å². The Balaban J connectivity index is 2.62. The van der Waals surface area contributed by atoms with Crippen molar-refractivity contribution in [3.8, 4) is 6.07 Å². The second-order valence-electron chi connectivity index (χ2n) is 5.16. The molecule has 0 saturated carbocycles. The number of ether oxygens (including phenoxy) is 1. The molecule has 0 fully saturated rings. The molecule has 1 rings (SSSR count). The lowest BCUT2D eigenvalue weighted by molar-refractivity contribution is 0.100. The molecule has 4 nitrogen and oxygen atoms in total. The Morgan fingerprint density at radius 1 is 1.33 bits per heavy atom. The molecule has 0 radical (unpaired) electrons. The number of benzene rings is 1. The molecule has 0 aliphatic carbocycles. The van der Waals surface area contributed by atoms with Crippen LogP contribution in [0.3, 0.4) is 0 Å². The van der Waals surface area contributed by atoms with E-state index < -0.39 is 6.09 Å². The number of carbonyl (C=O) groups excluding carboxylic acids is 1. The molecule has 1 amide bonds. The van der Waals surface area contributed by atoms with Crippen LogP contribution in [0.25, 0.3) is 0 Å². The predicted molar refractivity (Wildman–Crippen MR) is 68.9 cm³/mol. The van der Waals surface area contributed by atoms with Gasteiger partial charge in [0.2, 0.25) is 0 Å². The van der Waals surface area contributed by atoms with E-state index in [1.807, 2.05) is 26.8 Å². The number of hydrogen-bond donors (Lipinski definition) is 1. The summed E-state index contributed by atoms with van der Waals surface area (Å²) >= 11 is 0. The van der Waals surface area contributed by atoms with Crippen molar-refractivity contribution in [3.63, 3.8) is 0 Å². The summed E-state index contributed by atoms with van der Waals surface area (Å²) < 4.78 is 5.25. The van der Waals surface area contributed by atoms with E-state index in [4.69, 9.17) is 10.00 Å². The topological polar surface area (TPSA) is 62.1 Å². The maximum Gasteiger partial charge on any atom is 0.408 e. The molecule has 18 heavy (non-hydrogen) atoms. The van der Waals surface area contributed by atoms with E-state index in [0.717, 1.165) is 5.56 Å². The van der Waals surface area contributed by atoms with Crippen molar-refractivity contribution in [3.05, 3.63) is 35.4 Å². The third-order valence-electron chi connectivity index (χ3n) is 2.27. The van der Waals surface area contributed by atoms with Gasteiger partial charge >= 0.3 is 6.09 Å². The number of nitrogens with one attached hydrogen (secondary N) is 1. The number of hydrogen-bond acceptors (Lipinski definition) is 3. The van der Waals surface area contributed by atoms with Crippen LogP contribution in [0.4, 0.5) is 4.79 Å². The minimum absolute atomic E-state index is 0.318. The first kappa shape index (κ1) is 14.0. The van der Waals surface area contributed by atoms with Gasteiger partial charge in [-0.3, -0.25) is 0 Å². The third-order valence-corrected chi connectivity index (χ3v) is 2.27. The molecule has 4 heteroatoms. The Hall–Kier alpha value is -2.02. The summed E-state index contributed by atoms with van der Waals surface area (Å²) in [6.07, 6.45) is -0.792. The van der Waals surface area contributed by atoms with Crippen molar-refractivity contribution >= 4 is 6.09 Å². The van der Waals surface area contributed by atoms with Gasteiger partial charge in [-0.05, 0) is 45.4 Å². The van der Waals surface area contributed by atoms with Crippen LogP contribution >= 0.6 is 0 Å². The summed E-state index contributed by atoms with van der Waals surface area (Å²) in [4.78, 5) is 11.6. The van der Waals surface area contributed by atoms with Crippen molar-refractivity contribution in [2.24, 2.45) is 0 Å². The van der Waals surface area contributed by atoms with Gasteiger partial charge in [0.05, 0.1) is 11.6 Å². The molecule has 0 heterocycles. The normalized spacial score (nSPS) is 12.4. The molecular weight excluding hydrogens is 228 g/mol. The second-order valence-corrected chi connectivity index (χ2v) is 5.16. The van der Waals surface area contributed by atoms with Crippen molar-refractivity contribution in [2.45, 2.75) is 39.3 Å². The van der Waals surface area contributed by atoms with E-state index in [-0.39, 0.29) is 11.6 Å². The lowest BCUT2D eigenvalue weighted by Crippen LogP contribution is -2.41. The molecule has 1 N–H and O–H groups in total. The number of amides is 1. The van der Waals surface area contributed by atoms with Crippen LogP contribution in [0.2, 0.25) is 0 Å². The molecule has 0 bridgehead atoms. The highest BCUT2D eigenvalue weighted by atomic mass is 16.6. The number of carbonyl (C=O) groups is 1. The highest BCUT2D eigenvalue weighted by Crippen LogP contribution is 2.17. The Labute approximate surface area is 108 Å². The van der Waals surface area contributed by atoms with Crippen LogP contribution in [0.5, 0.6) is 0 Å². The van der Waals surface area contributed by atoms with Crippen LogP contribution in [-0.4, -0.2) is 11.6 Å². The monoisotopic (exact) mass is 246 g/mol. The van der Waals surface area contributed by atoms with Gasteiger partial charge in [-0.1, -0.05) is 12.1 Å². The number of nitriles is 1. The second kappa shape index (κ2) is 5.54. The van der Waals surface area contributed by atoms with Gasteiger partial charge in [0, 0.05) is 5.54 Å². The van der Waals surface area contributed by atoms with Crippen molar-refractivity contribution in [1.82, 2.24) is 5.32 Å². The summed E-state index contributed by atoms with van der Waals surface area (Å²) in [7, 11) is 0. The third kappa shape index (κ3) is 4.46. The Morgan fingerprint density at radius 3 is 2.33 bits per heavy atom. The molecular formula is C14H18N2O2. The van der Waals surface area contributed by atoms with E-state index in [1.165, 1.54) is 0 Å². The maximum absolute atomic E-state index is 11.6. The van der Waals surface area contributed by atoms with Gasteiger partial charge in [0.25, 0.3) is 0 Å². The fourth-order valence-corrected chi connectivity index (χ4v) is 1.39. The Kier molecular flexibility index (Phi) is 4.33. The van der Waals surface area contributed by atoms with Gasteiger partial charge in [-0.25, -0.2) is 4.79 Å². The fraction of sp³-hybridized carbons (Fsp3) is 0.429. The summed E-state index contributed by atoms with van der Waals surface area (Å²) in [5.41, 5.74) is 1.13. The van der Waals surface area contributed by atoms with Gasteiger partial charge in [-0.15, -0.1) is 0 Å². The van der Waals surface area contributed by atoms with Gasteiger partial charge in [0.15, 0.2) is 0 Å². The van der Waals surface area contributed by atoms with E-state index >= 15 is 0 Å². The summed E-state index contributed by atoms with van der Waals surface area (Å²) in [5.74, 6) is 0. The molecule has 0 aliphatic heterocycles. The number of alkyl carbamates (subject to hydrolysis) is 1. The highest BCUT2D eigenvalue weighted by Gasteiger charge is 2.17. The molecule has 1 atom stereocenters. The van der Waals surface area contributed by atoms with Gasteiger partial charge in [-0.2, -0.15) is 5.26 Å². The lowest BCUT2D eigenvalue weighted by Gasteiger charge is -2.22. The first-order chi connectivity index (χ1) is 8.31. The first-order valence-corrected chi connectivity index (χ1v) is 5.80. The Bertz CT molecular complexity index is 452. The van der Waals surface area contributed by atoms with E-state index in [9.17, 15) is 4.79 Å². The van der Waals surface area contributed by atoms with E-state index in [0.29, 0.717) is 5.56 Å². The minimum Gasteiger partial charge on any atom is -0.442 e. The zero-order valence-electron chi connectivity index (χ0n) is 11.2. The van der Waals surface area contributed by atoms with Crippen molar-refractivity contribution < 1.29 is 9.53 Å². The van der Waals surface area contributed by atoms with E-state index in [1.54, 1.807) is 31.2 Å². The quantitative estimate of drug-likeness (QED) is 0.871. The largest absolute Gasteiger partial charge is 0.442 e. The molecule has 0 aliphatic rings. The van der Waals surface area contributed by atoms with Crippen LogP contribution in [0.1, 0.15) is 44.9 Å². The minimum atomic E-state index is -0.445. The lowest BCUT2D eigenvalue weighted by atomic mass is 10.1.